The van der Waals surface area contributed by atoms with Gasteiger partial charge in [0.2, 0.25) is 0 Å². The average Bonchev–Trinajstić information content (AvgIpc) is 3.93. The highest BCUT2D eigenvalue weighted by molar-refractivity contribution is 6.12. The molecule has 65 heavy (non-hydrogen) atoms. The monoisotopic (exact) mass is 828 g/mol. The van der Waals surface area contributed by atoms with E-state index in [1.165, 1.54) is 54.5 Å². The maximum atomic E-state index is 6.47. The summed E-state index contributed by atoms with van der Waals surface area (Å²) in [5, 5.41) is 9.69. The number of para-hydroxylation sites is 5. The highest BCUT2D eigenvalue weighted by Crippen LogP contribution is 2.43. The van der Waals surface area contributed by atoms with Crippen molar-refractivity contribution in [2.45, 2.75) is 0 Å². The van der Waals surface area contributed by atoms with Crippen molar-refractivity contribution in [3.63, 3.8) is 0 Å². The number of fused-ring (bicyclic) bond motifs is 9. The van der Waals surface area contributed by atoms with Gasteiger partial charge in [-0.25, -0.2) is 0 Å². The second-order valence-electron chi connectivity index (χ2n) is 16.9. The Morgan fingerprint density at radius 2 is 0.862 bits per heavy atom. The lowest BCUT2D eigenvalue weighted by molar-refractivity contribution is 0.670. The zero-order valence-electron chi connectivity index (χ0n) is 35.4. The molecule has 0 amide bonds. The van der Waals surface area contributed by atoms with Gasteiger partial charge < -0.3 is 13.9 Å². The van der Waals surface area contributed by atoms with E-state index in [4.69, 9.17) is 4.42 Å². The smallest absolute Gasteiger partial charge is 0.143 e. The molecule has 13 aromatic rings. The molecule has 11 aromatic carbocycles. The normalized spacial score (nSPS) is 11.7. The standard InChI is InChI=1S/C62H40N2O/c1-2-19-50-41(14-1)30-31-43-34-37-49(40-57(43)50)63(47-35-32-42(33-36-47)52-24-13-25-56-55-23-6-10-29-61(55)65-62(52)56)48-18-12-16-45(39-48)44-15-11-17-46(38-44)51-20-3-7-26-58(51)64-59-27-8-4-21-53(59)54-22-5-9-28-60(54)64/h1-40H. The van der Waals surface area contributed by atoms with Crippen LogP contribution in [-0.2, 0) is 0 Å². The van der Waals surface area contributed by atoms with Crippen LogP contribution >= 0.6 is 0 Å². The summed E-state index contributed by atoms with van der Waals surface area (Å²) >= 11 is 0. The number of aromatic nitrogens is 1. The molecule has 0 bridgehead atoms. The van der Waals surface area contributed by atoms with Crippen molar-refractivity contribution in [3.05, 3.63) is 243 Å². The number of benzene rings is 11. The Hall–Kier alpha value is -8.66. The molecule has 3 heteroatoms. The quantitative estimate of drug-likeness (QED) is 0.149. The summed E-state index contributed by atoms with van der Waals surface area (Å²) in [6.07, 6.45) is 0. The second-order valence-corrected chi connectivity index (χ2v) is 16.9. The van der Waals surface area contributed by atoms with Crippen molar-refractivity contribution >= 4 is 82.4 Å². The highest BCUT2D eigenvalue weighted by atomic mass is 16.3. The molecule has 0 spiro atoms. The Balaban J connectivity index is 0.936. The van der Waals surface area contributed by atoms with Gasteiger partial charge in [0.05, 0.1) is 16.7 Å². The molecule has 0 unspecified atom stereocenters. The molecule has 0 N–H and O–H groups in total. The van der Waals surface area contributed by atoms with Crippen molar-refractivity contribution < 1.29 is 4.42 Å². The maximum absolute atomic E-state index is 6.47. The summed E-state index contributed by atoms with van der Waals surface area (Å²) in [5.74, 6) is 0. The third-order valence-electron chi connectivity index (χ3n) is 13.2. The predicted octanol–water partition coefficient (Wildman–Crippen LogP) is 17.5. The van der Waals surface area contributed by atoms with E-state index in [1.54, 1.807) is 0 Å². The van der Waals surface area contributed by atoms with Crippen molar-refractivity contribution in [2.75, 3.05) is 4.90 Å². The Kier molecular flexibility index (Phi) is 8.53. The van der Waals surface area contributed by atoms with E-state index in [9.17, 15) is 0 Å². The summed E-state index contributed by atoms with van der Waals surface area (Å²) in [7, 11) is 0. The first-order valence-electron chi connectivity index (χ1n) is 22.2. The third kappa shape index (κ3) is 6.12. The van der Waals surface area contributed by atoms with E-state index >= 15 is 0 Å². The molecular weight excluding hydrogens is 789 g/mol. The molecule has 2 heterocycles. The molecule has 0 atom stereocenters. The summed E-state index contributed by atoms with van der Waals surface area (Å²) in [4.78, 5) is 2.39. The molecule has 0 aliphatic heterocycles. The minimum Gasteiger partial charge on any atom is -0.455 e. The zero-order valence-corrected chi connectivity index (χ0v) is 35.4. The van der Waals surface area contributed by atoms with Crippen molar-refractivity contribution in [1.82, 2.24) is 4.57 Å². The van der Waals surface area contributed by atoms with Gasteiger partial charge in [0.15, 0.2) is 0 Å². The van der Waals surface area contributed by atoms with Crippen LogP contribution in [0.4, 0.5) is 17.1 Å². The van der Waals surface area contributed by atoms with Crippen LogP contribution in [0.2, 0.25) is 0 Å². The van der Waals surface area contributed by atoms with Gasteiger partial charge >= 0.3 is 0 Å². The van der Waals surface area contributed by atoms with Gasteiger partial charge in [0.25, 0.3) is 0 Å². The lowest BCUT2D eigenvalue weighted by atomic mass is 9.97. The van der Waals surface area contributed by atoms with Crippen LogP contribution in [-0.4, -0.2) is 4.57 Å². The fourth-order valence-corrected chi connectivity index (χ4v) is 10.1. The van der Waals surface area contributed by atoms with Crippen LogP contribution in [0, 0.1) is 0 Å². The molecule has 13 rings (SSSR count). The van der Waals surface area contributed by atoms with E-state index in [0.29, 0.717) is 0 Å². The molecule has 304 valence electrons. The Labute approximate surface area is 376 Å². The van der Waals surface area contributed by atoms with Gasteiger partial charge in [-0.1, -0.05) is 176 Å². The van der Waals surface area contributed by atoms with Gasteiger partial charge in [0, 0.05) is 49.7 Å². The Bertz CT molecular complexity index is 3910. The van der Waals surface area contributed by atoms with E-state index in [-0.39, 0.29) is 0 Å². The lowest BCUT2D eigenvalue weighted by Crippen LogP contribution is -2.10. The summed E-state index contributed by atoms with van der Waals surface area (Å²) in [6.45, 7) is 0. The first-order valence-corrected chi connectivity index (χ1v) is 22.2. The molecule has 2 aromatic heterocycles. The number of rotatable bonds is 7. The van der Waals surface area contributed by atoms with Crippen LogP contribution in [0.1, 0.15) is 0 Å². The van der Waals surface area contributed by atoms with E-state index in [1.807, 2.05) is 12.1 Å². The molecule has 0 saturated heterocycles. The molecule has 0 aliphatic rings. The zero-order chi connectivity index (χ0) is 42.8. The van der Waals surface area contributed by atoms with Gasteiger partial charge in [-0.2, -0.15) is 0 Å². The minimum atomic E-state index is 0.902. The number of nitrogens with zero attached hydrogens (tertiary/aromatic N) is 2. The number of furan rings is 1. The molecule has 0 aliphatic carbocycles. The average molecular weight is 829 g/mol. The summed E-state index contributed by atoms with van der Waals surface area (Å²) < 4.78 is 8.89. The van der Waals surface area contributed by atoms with E-state index in [2.05, 4.69) is 240 Å². The van der Waals surface area contributed by atoms with Crippen LogP contribution in [0.3, 0.4) is 0 Å². The van der Waals surface area contributed by atoms with Crippen LogP contribution in [0.5, 0.6) is 0 Å². The highest BCUT2D eigenvalue weighted by Gasteiger charge is 2.19. The molecule has 0 saturated carbocycles. The topological polar surface area (TPSA) is 21.3 Å². The lowest BCUT2D eigenvalue weighted by Gasteiger charge is -2.27. The van der Waals surface area contributed by atoms with Crippen molar-refractivity contribution in [1.29, 1.82) is 0 Å². The number of hydrogen-bond donors (Lipinski definition) is 0. The fourth-order valence-electron chi connectivity index (χ4n) is 10.1. The first-order chi connectivity index (χ1) is 32.2. The SMILES string of the molecule is c1cc(-c2cccc(N(c3ccc(-c4cccc5c4oc4ccccc45)cc3)c3ccc4ccc5ccccc5c4c3)c2)cc(-c2ccccc2-n2c3ccccc3c3ccccc32)c1. The van der Waals surface area contributed by atoms with Crippen LogP contribution < -0.4 is 4.90 Å². The van der Waals surface area contributed by atoms with Gasteiger partial charge in [-0.3, -0.25) is 0 Å². The first kappa shape index (κ1) is 36.9. The summed E-state index contributed by atoms with van der Waals surface area (Å²) in [5.41, 5.74) is 15.4. The largest absolute Gasteiger partial charge is 0.455 e. The summed E-state index contributed by atoms with van der Waals surface area (Å²) in [6, 6.07) is 87.8. The maximum Gasteiger partial charge on any atom is 0.143 e. The van der Waals surface area contributed by atoms with E-state index in [0.717, 1.165) is 66.9 Å². The Morgan fingerprint density at radius 1 is 0.308 bits per heavy atom. The Morgan fingerprint density at radius 3 is 1.68 bits per heavy atom. The van der Waals surface area contributed by atoms with Crippen molar-refractivity contribution in [3.8, 4) is 39.1 Å². The van der Waals surface area contributed by atoms with Crippen LogP contribution in [0.15, 0.2) is 247 Å². The predicted molar refractivity (Wildman–Crippen MR) is 274 cm³/mol. The third-order valence-corrected chi connectivity index (χ3v) is 13.2. The van der Waals surface area contributed by atoms with Gasteiger partial charge in [0.1, 0.15) is 11.2 Å². The second kappa shape index (κ2) is 15.0. The molecule has 0 fully saturated rings. The fraction of sp³-hybridized carbons (Fsp3) is 0. The molecule has 3 nitrogen and oxygen atoms in total. The number of hydrogen-bond acceptors (Lipinski definition) is 2. The molecular formula is C62H40N2O. The van der Waals surface area contributed by atoms with E-state index < -0.39 is 0 Å². The van der Waals surface area contributed by atoms with Crippen LogP contribution in [0.25, 0.3) is 104 Å². The van der Waals surface area contributed by atoms with Gasteiger partial charge in [-0.15, -0.1) is 0 Å². The molecule has 0 radical (unpaired) electrons. The minimum absolute atomic E-state index is 0.902. The van der Waals surface area contributed by atoms with Crippen molar-refractivity contribution in [2.24, 2.45) is 0 Å². The number of anilines is 3. The van der Waals surface area contributed by atoms with Gasteiger partial charge in [-0.05, 0) is 111 Å².